The summed E-state index contributed by atoms with van der Waals surface area (Å²) in [5, 5.41) is 2.82. The van der Waals surface area contributed by atoms with E-state index in [1.54, 1.807) is 53.2 Å². The number of nitrogens with zero attached hydrogens (tertiary/aromatic N) is 1. The van der Waals surface area contributed by atoms with Crippen LogP contribution in [0.3, 0.4) is 0 Å². The van der Waals surface area contributed by atoms with Gasteiger partial charge in [0.25, 0.3) is 0 Å². The number of benzene rings is 2. The van der Waals surface area contributed by atoms with E-state index in [9.17, 15) is 18.0 Å². The normalized spacial score (nSPS) is 14.7. The lowest BCUT2D eigenvalue weighted by Gasteiger charge is -2.33. The maximum absolute atomic E-state index is 13.5. The van der Waals surface area contributed by atoms with Crippen LogP contribution in [0.2, 0.25) is 0 Å². The fraction of sp³-hybridized carbons (Fsp3) is 0.481. The van der Waals surface area contributed by atoms with E-state index >= 15 is 0 Å². The molecule has 38 heavy (non-hydrogen) atoms. The summed E-state index contributed by atoms with van der Waals surface area (Å²) in [6.07, 6.45) is 1.52. The molecule has 0 spiro atoms. The van der Waals surface area contributed by atoms with Crippen molar-refractivity contribution in [3.63, 3.8) is 0 Å². The summed E-state index contributed by atoms with van der Waals surface area (Å²) >= 11 is 0. The lowest BCUT2D eigenvalue weighted by atomic mass is 9.95. The second-order valence-electron chi connectivity index (χ2n) is 10.4. The van der Waals surface area contributed by atoms with E-state index < -0.39 is 15.4 Å². The topological polar surface area (TPSA) is 140 Å². The second kappa shape index (κ2) is 12.0. The fourth-order valence-corrected chi connectivity index (χ4v) is 5.52. The van der Waals surface area contributed by atoms with Crippen LogP contribution in [-0.4, -0.2) is 54.1 Å². The van der Waals surface area contributed by atoms with E-state index in [1.807, 2.05) is 17.0 Å². The Balaban J connectivity index is 1.85. The molecule has 2 aromatic rings. The third-order valence-corrected chi connectivity index (χ3v) is 8.07. The van der Waals surface area contributed by atoms with Crippen molar-refractivity contribution in [3.05, 3.63) is 42.0 Å². The van der Waals surface area contributed by atoms with Gasteiger partial charge in [-0.2, -0.15) is 0 Å². The van der Waals surface area contributed by atoms with Gasteiger partial charge in [0.2, 0.25) is 21.8 Å². The van der Waals surface area contributed by atoms with Crippen molar-refractivity contribution in [2.75, 3.05) is 44.1 Å². The van der Waals surface area contributed by atoms with E-state index in [2.05, 4.69) is 10.0 Å². The molecule has 0 atom stereocenters. The van der Waals surface area contributed by atoms with Crippen LogP contribution >= 0.6 is 0 Å². The molecular formula is C27H38N4O6S. The monoisotopic (exact) mass is 546 g/mol. The predicted molar refractivity (Wildman–Crippen MR) is 147 cm³/mol. The molecule has 3 rings (SSSR count). The van der Waals surface area contributed by atoms with Gasteiger partial charge in [-0.05, 0) is 55.2 Å². The minimum Gasteiger partial charge on any atom is -0.493 e. The van der Waals surface area contributed by atoms with Gasteiger partial charge in [0.05, 0.1) is 19.9 Å². The van der Waals surface area contributed by atoms with E-state index in [0.29, 0.717) is 55.2 Å². The Kier molecular flexibility index (Phi) is 9.26. The molecule has 1 aliphatic rings. The molecule has 2 amide bonds. The standard InChI is InChI=1S/C27H38N4O6S/c1-27(2,3)26(33)30-20-7-8-21(31-14-11-19(12-15-31)25(28)32)24(17-20)38(34,35)29-13-10-18-6-9-22(36-4)23(16-18)37-5/h6-9,16-17,19,29H,10-15H2,1-5H3,(H2,28,32)(H,30,33). The second-order valence-corrected chi connectivity index (χ2v) is 12.1. The Morgan fingerprint density at radius 2 is 1.68 bits per heavy atom. The average Bonchev–Trinajstić information content (AvgIpc) is 2.88. The van der Waals surface area contributed by atoms with Gasteiger partial charge in [-0.25, -0.2) is 13.1 Å². The Hall–Kier alpha value is -3.31. The number of anilines is 2. The number of rotatable bonds is 10. The lowest BCUT2D eigenvalue weighted by Crippen LogP contribution is -2.39. The Bertz CT molecular complexity index is 1260. The van der Waals surface area contributed by atoms with Gasteiger partial charge in [-0.15, -0.1) is 0 Å². The third kappa shape index (κ3) is 7.16. The summed E-state index contributed by atoms with van der Waals surface area (Å²) in [5.41, 5.74) is 6.61. The van der Waals surface area contributed by atoms with Crippen molar-refractivity contribution in [1.29, 1.82) is 0 Å². The number of sulfonamides is 1. The number of piperidine rings is 1. The van der Waals surface area contributed by atoms with E-state index in [4.69, 9.17) is 15.2 Å². The van der Waals surface area contributed by atoms with Gasteiger partial charge >= 0.3 is 0 Å². The number of primary amides is 1. The number of amides is 2. The van der Waals surface area contributed by atoms with Gasteiger partial charge < -0.3 is 25.4 Å². The summed E-state index contributed by atoms with van der Waals surface area (Å²) in [7, 11) is -0.855. The maximum Gasteiger partial charge on any atom is 0.242 e. The first-order valence-corrected chi connectivity index (χ1v) is 14.0. The first-order chi connectivity index (χ1) is 17.9. The third-order valence-electron chi connectivity index (χ3n) is 6.58. The van der Waals surface area contributed by atoms with Crippen LogP contribution in [-0.2, 0) is 26.0 Å². The lowest BCUT2D eigenvalue weighted by molar-refractivity contribution is -0.123. The number of nitrogens with one attached hydrogen (secondary N) is 2. The molecule has 1 saturated heterocycles. The quantitative estimate of drug-likeness (QED) is 0.416. The fourth-order valence-electron chi connectivity index (χ4n) is 4.24. The summed E-state index contributed by atoms with van der Waals surface area (Å²) in [4.78, 5) is 26.2. The molecule has 1 fully saturated rings. The van der Waals surface area contributed by atoms with Gasteiger partial charge in [0.15, 0.2) is 11.5 Å². The molecule has 0 bridgehead atoms. The van der Waals surface area contributed by atoms with Crippen molar-refractivity contribution in [2.45, 2.75) is 44.9 Å². The zero-order chi connectivity index (χ0) is 28.1. The number of hydrogen-bond acceptors (Lipinski definition) is 7. The summed E-state index contributed by atoms with van der Waals surface area (Å²) in [5.74, 6) is 0.371. The minimum atomic E-state index is -3.95. The highest BCUT2D eigenvalue weighted by atomic mass is 32.2. The predicted octanol–water partition coefficient (Wildman–Crippen LogP) is 2.91. The molecule has 10 nitrogen and oxygen atoms in total. The Morgan fingerprint density at radius 1 is 1.03 bits per heavy atom. The molecule has 1 heterocycles. The molecule has 0 aliphatic carbocycles. The molecule has 2 aromatic carbocycles. The highest BCUT2D eigenvalue weighted by molar-refractivity contribution is 7.89. The van der Waals surface area contributed by atoms with E-state index in [1.165, 1.54) is 6.07 Å². The van der Waals surface area contributed by atoms with Crippen LogP contribution in [0.15, 0.2) is 41.3 Å². The molecule has 1 aliphatic heterocycles. The summed E-state index contributed by atoms with van der Waals surface area (Å²) in [6.45, 7) is 6.50. The Labute approximate surface area is 224 Å². The average molecular weight is 547 g/mol. The minimum absolute atomic E-state index is 0.0639. The molecular weight excluding hydrogens is 508 g/mol. The number of hydrogen-bond donors (Lipinski definition) is 3. The van der Waals surface area contributed by atoms with Crippen LogP contribution in [0.5, 0.6) is 11.5 Å². The van der Waals surface area contributed by atoms with Crippen molar-refractivity contribution in [2.24, 2.45) is 17.1 Å². The number of methoxy groups -OCH3 is 2. The highest BCUT2D eigenvalue weighted by Gasteiger charge is 2.29. The van der Waals surface area contributed by atoms with Gasteiger partial charge in [-0.1, -0.05) is 26.8 Å². The van der Waals surface area contributed by atoms with Crippen LogP contribution in [0.1, 0.15) is 39.2 Å². The first kappa shape index (κ1) is 29.2. The summed E-state index contributed by atoms with van der Waals surface area (Å²) < 4.78 is 40.4. The molecule has 0 radical (unpaired) electrons. The van der Waals surface area contributed by atoms with Crippen molar-refractivity contribution in [1.82, 2.24) is 4.72 Å². The molecule has 11 heteroatoms. The zero-order valence-corrected chi connectivity index (χ0v) is 23.5. The SMILES string of the molecule is COc1ccc(CCNS(=O)(=O)c2cc(NC(=O)C(C)(C)C)ccc2N2CCC(C(N)=O)CC2)cc1OC. The number of nitrogens with two attached hydrogens (primary N) is 1. The molecule has 0 aromatic heterocycles. The number of carbonyl (C=O) groups is 2. The number of ether oxygens (including phenoxy) is 2. The van der Waals surface area contributed by atoms with Crippen molar-refractivity contribution < 1.29 is 27.5 Å². The van der Waals surface area contributed by atoms with Gasteiger partial charge in [0, 0.05) is 36.7 Å². The van der Waals surface area contributed by atoms with Gasteiger partial charge in [0.1, 0.15) is 4.90 Å². The van der Waals surface area contributed by atoms with E-state index in [-0.39, 0.29) is 29.2 Å². The zero-order valence-electron chi connectivity index (χ0n) is 22.7. The first-order valence-electron chi connectivity index (χ1n) is 12.6. The van der Waals surface area contributed by atoms with Crippen LogP contribution in [0, 0.1) is 11.3 Å². The highest BCUT2D eigenvalue weighted by Crippen LogP contribution is 2.32. The van der Waals surface area contributed by atoms with Crippen LogP contribution < -0.4 is 30.1 Å². The smallest absolute Gasteiger partial charge is 0.242 e. The van der Waals surface area contributed by atoms with Crippen molar-refractivity contribution in [3.8, 4) is 11.5 Å². The van der Waals surface area contributed by atoms with Crippen LogP contribution in [0.25, 0.3) is 0 Å². The summed E-state index contributed by atoms with van der Waals surface area (Å²) in [6, 6.07) is 10.3. The van der Waals surface area contributed by atoms with Gasteiger partial charge in [-0.3, -0.25) is 9.59 Å². The van der Waals surface area contributed by atoms with Crippen molar-refractivity contribution >= 4 is 33.2 Å². The van der Waals surface area contributed by atoms with E-state index in [0.717, 1.165) is 5.56 Å². The van der Waals surface area contributed by atoms with Crippen LogP contribution in [0.4, 0.5) is 11.4 Å². The Morgan fingerprint density at radius 3 is 2.26 bits per heavy atom. The molecule has 0 unspecified atom stereocenters. The molecule has 4 N–H and O–H groups in total. The maximum atomic E-state index is 13.5. The molecule has 208 valence electrons. The largest absolute Gasteiger partial charge is 0.493 e. The molecule has 0 saturated carbocycles. The number of carbonyl (C=O) groups excluding carboxylic acids is 2.